The van der Waals surface area contributed by atoms with Gasteiger partial charge >= 0.3 is 0 Å². The number of nitrogens with one attached hydrogen (secondary N) is 1. The molecule has 0 aromatic carbocycles. The molecule has 0 aliphatic carbocycles. The summed E-state index contributed by atoms with van der Waals surface area (Å²) in [5.74, 6) is 1.81. The van der Waals surface area contributed by atoms with Gasteiger partial charge < -0.3 is 9.88 Å². The lowest BCUT2D eigenvalue weighted by Gasteiger charge is -2.34. The monoisotopic (exact) mass is 220 g/mol. The minimum absolute atomic E-state index is 0.877. The van der Waals surface area contributed by atoms with Crippen LogP contribution in [0.4, 0.5) is 0 Å². The number of aryl methyl sites for hydroxylation is 1. The summed E-state index contributed by atoms with van der Waals surface area (Å²) in [7, 11) is 2.08. The van der Waals surface area contributed by atoms with E-state index >= 15 is 0 Å². The molecule has 0 spiro atoms. The maximum atomic E-state index is 4.18. The molecule has 0 saturated carbocycles. The van der Waals surface area contributed by atoms with Crippen molar-refractivity contribution in [3.63, 3.8) is 0 Å². The number of piperidine rings is 1. The van der Waals surface area contributed by atoms with E-state index in [9.17, 15) is 0 Å². The first-order chi connectivity index (χ1) is 7.83. The van der Waals surface area contributed by atoms with Gasteiger partial charge in [0.1, 0.15) is 0 Å². The molecule has 0 amide bonds. The van der Waals surface area contributed by atoms with Crippen LogP contribution in [0.1, 0.15) is 12.1 Å². The summed E-state index contributed by atoms with van der Waals surface area (Å²) < 4.78 is 2.12. The Morgan fingerprint density at radius 3 is 3.12 bits per heavy atom. The molecule has 2 saturated heterocycles. The first kappa shape index (κ1) is 10.3. The van der Waals surface area contributed by atoms with E-state index in [0.29, 0.717) is 0 Å². The fourth-order valence-electron chi connectivity index (χ4n) is 3.02. The summed E-state index contributed by atoms with van der Waals surface area (Å²) in [6.07, 6.45) is 5.23. The van der Waals surface area contributed by atoms with E-state index in [1.807, 2.05) is 12.5 Å². The van der Waals surface area contributed by atoms with Crippen LogP contribution in [0.25, 0.3) is 0 Å². The second-order valence-electron chi connectivity index (χ2n) is 5.20. The molecular weight excluding hydrogens is 200 g/mol. The number of aromatic nitrogens is 2. The van der Waals surface area contributed by atoms with Gasteiger partial charge in [0.25, 0.3) is 0 Å². The van der Waals surface area contributed by atoms with Crippen LogP contribution in [0.5, 0.6) is 0 Å². The Morgan fingerprint density at radius 2 is 2.31 bits per heavy atom. The average Bonchev–Trinajstić information content (AvgIpc) is 2.88. The first-order valence-corrected chi connectivity index (χ1v) is 6.21. The molecule has 1 N–H and O–H groups in total. The van der Waals surface area contributed by atoms with Crippen molar-refractivity contribution < 1.29 is 0 Å². The zero-order chi connectivity index (χ0) is 11.0. The van der Waals surface area contributed by atoms with E-state index in [1.165, 1.54) is 38.3 Å². The molecule has 0 bridgehead atoms. The molecule has 88 valence electrons. The number of rotatable bonds is 2. The Labute approximate surface area is 96.7 Å². The number of hydrogen-bond acceptors (Lipinski definition) is 3. The van der Waals surface area contributed by atoms with Gasteiger partial charge in [-0.25, -0.2) is 4.98 Å². The largest absolute Gasteiger partial charge is 0.337 e. The van der Waals surface area contributed by atoms with E-state index in [2.05, 4.69) is 26.8 Å². The zero-order valence-electron chi connectivity index (χ0n) is 9.89. The summed E-state index contributed by atoms with van der Waals surface area (Å²) in [6.45, 7) is 6.01. The third-order valence-electron chi connectivity index (χ3n) is 4.09. The molecule has 2 aliphatic rings. The van der Waals surface area contributed by atoms with E-state index < -0.39 is 0 Å². The lowest BCUT2D eigenvalue weighted by atomic mass is 9.89. The number of hydrogen-bond donors (Lipinski definition) is 1. The number of fused-ring (bicyclic) bond motifs is 1. The quantitative estimate of drug-likeness (QED) is 0.786. The molecule has 0 radical (unpaired) electrons. The fraction of sp³-hybridized carbons (Fsp3) is 0.750. The average molecular weight is 220 g/mol. The zero-order valence-corrected chi connectivity index (χ0v) is 9.89. The summed E-state index contributed by atoms with van der Waals surface area (Å²) in [6, 6.07) is 0. The summed E-state index contributed by atoms with van der Waals surface area (Å²) >= 11 is 0. The van der Waals surface area contributed by atoms with Gasteiger partial charge in [0.05, 0.1) is 12.0 Å². The Bertz CT molecular complexity index is 360. The Hall–Kier alpha value is -0.870. The molecule has 2 atom stereocenters. The van der Waals surface area contributed by atoms with Gasteiger partial charge in [0.2, 0.25) is 0 Å². The third-order valence-corrected chi connectivity index (χ3v) is 4.09. The minimum atomic E-state index is 0.877. The van der Waals surface area contributed by atoms with Crippen LogP contribution in [0.3, 0.4) is 0 Å². The van der Waals surface area contributed by atoms with Crippen molar-refractivity contribution in [1.82, 2.24) is 19.8 Å². The van der Waals surface area contributed by atoms with Gasteiger partial charge in [-0.2, -0.15) is 0 Å². The minimum Gasteiger partial charge on any atom is -0.337 e. The number of likely N-dealkylation sites (tertiary alicyclic amines) is 1. The highest BCUT2D eigenvalue weighted by atomic mass is 15.2. The van der Waals surface area contributed by atoms with Gasteiger partial charge in [0.15, 0.2) is 0 Å². The summed E-state index contributed by atoms with van der Waals surface area (Å²) in [5, 5.41) is 3.51. The molecule has 3 rings (SSSR count). The van der Waals surface area contributed by atoms with Crippen LogP contribution in [-0.4, -0.2) is 40.6 Å². The highest BCUT2D eigenvalue weighted by Gasteiger charge is 2.32. The second-order valence-corrected chi connectivity index (χ2v) is 5.20. The summed E-state index contributed by atoms with van der Waals surface area (Å²) in [5.41, 5.74) is 1.32. The van der Waals surface area contributed by atoms with Crippen molar-refractivity contribution in [1.29, 1.82) is 0 Å². The van der Waals surface area contributed by atoms with Crippen LogP contribution in [-0.2, 0) is 13.6 Å². The molecule has 4 nitrogen and oxygen atoms in total. The van der Waals surface area contributed by atoms with E-state index in [-0.39, 0.29) is 0 Å². The molecule has 2 unspecified atom stereocenters. The maximum Gasteiger partial charge on any atom is 0.0945 e. The molecule has 3 heterocycles. The van der Waals surface area contributed by atoms with Crippen LogP contribution in [0.2, 0.25) is 0 Å². The van der Waals surface area contributed by atoms with Crippen molar-refractivity contribution in [2.24, 2.45) is 18.9 Å². The number of nitrogens with zero attached hydrogens (tertiary/aromatic N) is 3. The van der Waals surface area contributed by atoms with Crippen LogP contribution < -0.4 is 5.32 Å². The normalized spacial score (nSPS) is 30.6. The maximum absolute atomic E-state index is 4.18. The topological polar surface area (TPSA) is 33.1 Å². The summed E-state index contributed by atoms with van der Waals surface area (Å²) in [4.78, 5) is 6.75. The third kappa shape index (κ3) is 1.87. The molecule has 2 aliphatic heterocycles. The standard InChI is InChI=1S/C12H20N4/c1-15-9-14-6-12(15)8-16-3-2-10-4-13-5-11(10)7-16/h6,9-11,13H,2-5,7-8H2,1H3. The van der Waals surface area contributed by atoms with Gasteiger partial charge in [-0.3, -0.25) is 4.90 Å². The molecule has 4 heteroatoms. The van der Waals surface area contributed by atoms with Crippen LogP contribution in [0.15, 0.2) is 12.5 Å². The van der Waals surface area contributed by atoms with Crippen LogP contribution in [0, 0.1) is 11.8 Å². The number of imidazole rings is 1. The molecule has 16 heavy (non-hydrogen) atoms. The Kier molecular flexibility index (Phi) is 2.69. The first-order valence-electron chi connectivity index (χ1n) is 6.21. The fourth-order valence-corrected chi connectivity index (χ4v) is 3.02. The van der Waals surface area contributed by atoms with Crippen molar-refractivity contribution in [2.45, 2.75) is 13.0 Å². The Balaban J connectivity index is 1.62. The van der Waals surface area contributed by atoms with Crippen molar-refractivity contribution in [3.8, 4) is 0 Å². The second kappa shape index (κ2) is 4.18. The molecule has 1 aromatic rings. The molecular formula is C12H20N4. The van der Waals surface area contributed by atoms with Gasteiger partial charge in [-0.15, -0.1) is 0 Å². The highest BCUT2D eigenvalue weighted by molar-refractivity contribution is 4.98. The predicted molar refractivity (Wildman–Crippen MR) is 63.0 cm³/mol. The molecule has 1 aromatic heterocycles. The van der Waals surface area contributed by atoms with Gasteiger partial charge in [0, 0.05) is 26.3 Å². The van der Waals surface area contributed by atoms with Gasteiger partial charge in [-0.1, -0.05) is 0 Å². The van der Waals surface area contributed by atoms with Crippen LogP contribution >= 0.6 is 0 Å². The smallest absolute Gasteiger partial charge is 0.0945 e. The lowest BCUT2D eigenvalue weighted by molar-refractivity contribution is 0.140. The van der Waals surface area contributed by atoms with Crippen molar-refractivity contribution >= 4 is 0 Å². The Morgan fingerprint density at radius 1 is 1.44 bits per heavy atom. The van der Waals surface area contributed by atoms with Gasteiger partial charge in [-0.05, 0) is 37.9 Å². The SMILES string of the molecule is Cn1cncc1CN1CCC2CNCC2C1. The predicted octanol–water partition coefficient (Wildman–Crippen LogP) is 0.461. The van der Waals surface area contributed by atoms with E-state index in [0.717, 1.165) is 18.4 Å². The van der Waals surface area contributed by atoms with Crippen molar-refractivity contribution in [2.75, 3.05) is 26.2 Å². The molecule has 2 fully saturated rings. The van der Waals surface area contributed by atoms with E-state index in [1.54, 1.807) is 0 Å². The van der Waals surface area contributed by atoms with Crippen molar-refractivity contribution in [3.05, 3.63) is 18.2 Å². The highest BCUT2D eigenvalue weighted by Crippen LogP contribution is 2.27. The van der Waals surface area contributed by atoms with E-state index in [4.69, 9.17) is 0 Å². The lowest BCUT2D eigenvalue weighted by Crippen LogP contribution is -2.39.